The van der Waals surface area contributed by atoms with E-state index in [1.807, 2.05) is 31.2 Å². The Kier molecular flexibility index (Phi) is 4.81. The molecule has 4 heteroatoms. The highest BCUT2D eigenvalue weighted by Gasteiger charge is 2.14. The van der Waals surface area contributed by atoms with Gasteiger partial charge in [0.2, 0.25) is 0 Å². The third-order valence-corrected chi connectivity index (χ3v) is 3.27. The molecule has 0 heterocycles. The van der Waals surface area contributed by atoms with Crippen LogP contribution in [-0.2, 0) is 0 Å². The van der Waals surface area contributed by atoms with Crippen LogP contribution in [0.3, 0.4) is 0 Å². The van der Waals surface area contributed by atoms with Gasteiger partial charge in [-0.25, -0.2) is 0 Å². The van der Waals surface area contributed by atoms with E-state index in [0.717, 1.165) is 11.1 Å². The van der Waals surface area contributed by atoms with Gasteiger partial charge in [0.05, 0.1) is 18.7 Å². The highest BCUT2D eigenvalue weighted by molar-refractivity contribution is 5.44. The summed E-state index contributed by atoms with van der Waals surface area (Å²) < 4.78 is 11.1. The number of nitrogens with zero attached hydrogens (tertiary/aromatic N) is 1. The minimum atomic E-state index is -0.259. The average molecular weight is 282 g/mol. The van der Waals surface area contributed by atoms with Crippen molar-refractivity contribution in [3.8, 4) is 17.6 Å². The van der Waals surface area contributed by atoms with Gasteiger partial charge in [0, 0.05) is 12.6 Å². The van der Waals surface area contributed by atoms with Crippen molar-refractivity contribution in [2.75, 3.05) is 13.7 Å². The molecule has 21 heavy (non-hydrogen) atoms. The second kappa shape index (κ2) is 6.78. The highest BCUT2D eigenvalue weighted by Crippen LogP contribution is 2.28. The summed E-state index contributed by atoms with van der Waals surface area (Å²) in [6.07, 6.45) is -0.259. The summed E-state index contributed by atoms with van der Waals surface area (Å²) in [7, 11) is 1.56. The molecule has 0 aromatic heterocycles. The van der Waals surface area contributed by atoms with Gasteiger partial charge in [0.25, 0.3) is 0 Å². The molecule has 0 aliphatic heterocycles. The predicted octanol–water partition coefficient (Wildman–Crippen LogP) is 2.95. The molecule has 0 aliphatic rings. The number of aryl methyl sites for hydroxylation is 1. The van der Waals surface area contributed by atoms with Crippen molar-refractivity contribution in [1.29, 1.82) is 5.26 Å². The summed E-state index contributed by atoms with van der Waals surface area (Å²) in [5.74, 6) is 1.16. The number of nitriles is 1. The van der Waals surface area contributed by atoms with E-state index in [-0.39, 0.29) is 6.10 Å². The molecule has 1 unspecified atom stereocenters. The zero-order valence-corrected chi connectivity index (χ0v) is 12.2. The van der Waals surface area contributed by atoms with E-state index < -0.39 is 0 Å². The second-order valence-electron chi connectivity index (χ2n) is 4.71. The van der Waals surface area contributed by atoms with Crippen molar-refractivity contribution in [2.45, 2.75) is 13.0 Å². The van der Waals surface area contributed by atoms with Crippen LogP contribution in [0.2, 0.25) is 0 Å². The Labute approximate surface area is 124 Å². The van der Waals surface area contributed by atoms with Gasteiger partial charge in [-0.15, -0.1) is 0 Å². The molecule has 0 aliphatic carbocycles. The van der Waals surface area contributed by atoms with Crippen LogP contribution >= 0.6 is 0 Å². The predicted molar refractivity (Wildman–Crippen MR) is 81.3 cm³/mol. The first-order valence-corrected chi connectivity index (χ1v) is 6.69. The molecule has 2 N–H and O–H groups in total. The summed E-state index contributed by atoms with van der Waals surface area (Å²) in [4.78, 5) is 0. The van der Waals surface area contributed by atoms with Crippen molar-refractivity contribution in [3.63, 3.8) is 0 Å². The van der Waals surface area contributed by atoms with Gasteiger partial charge in [-0.05, 0) is 30.2 Å². The average Bonchev–Trinajstić information content (AvgIpc) is 2.53. The maximum absolute atomic E-state index is 9.05. The maximum atomic E-state index is 9.05. The molecule has 4 nitrogen and oxygen atoms in total. The van der Waals surface area contributed by atoms with Gasteiger partial charge in [-0.2, -0.15) is 5.26 Å². The Balaban J connectivity index is 2.31. The third kappa shape index (κ3) is 3.53. The molecule has 108 valence electrons. The van der Waals surface area contributed by atoms with Crippen LogP contribution in [0.15, 0.2) is 42.5 Å². The van der Waals surface area contributed by atoms with Crippen LogP contribution in [0.4, 0.5) is 0 Å². The molecular weight excluding hydrogens is 264 g/mol. The summed E-state index contributed by atoms with van der Waals surface area (Å²) in [5, 5.41) is 9.05. The molecule has 0 radical (unpaired) electrons. The van der Waals surface area contributed by atoms with Crippen LogP contribution in [0, 0.1) is 18.3 Å². The fourth-order valence-electron chi connectivity index (χ4n) is 2.17. The first-order chi connectivity index (χ1) is 10.2. The summed E-state index contributed by atoms with van der Waals surface area (Å²) in [6, 6.07) is 15.2. The molecule has 2 rings (SSSR count). The smallest absolute Gasteiger partial charge is 0.136 e. The Bertz CT molecular complexity index is 662. The van der Waals surface area contributed by atoms with E-state index >= 15 is 0 Å². The van der Waals surface area contributed by atoms with Crippen molar-refractivity contribution in [3.05, 3.63) is 59.2 Å². The normalized spacial score (nSPS) is 11.5. The highest BCUT2D eigenvalue weighted by atomic mass is 16.5. The van der Waals surface area contributed by atoms with Gasteiger partial charge in [0.1, 0.15) is 17.6 Å². The van der Waals surface area contributed by atoms with Crippen LogP contribution in [0.25, 0.3) is 0 Å². The largest absolute Gasteiger partial charge is 0.497 e. The first-order valence-electron chi connectivity index (χ1n) is 6.69. The number of nitrogens with two attached hydrogens (primary N) is 1. The molecule has 0 saturated carbocycles. The molecule has 0 saturated heterocycles. The van der Waals surface area contributed by atoms with Gasteiger partial charge in [0.15, 0.2) is 0 Å². The lowest BCUT2D eigenvalue weighted by Crippen LogP contribution is -2.19. The third-order valence-electron chi connectivity index (χ3n) is 3.27. The van der Waals surface area contributed by atoms with E-state index in [1.54, 1.807) is 25.3 Å². The molecule has 0 fully saturated rings. The minimum Gasteiger partial charge on any atom is -0.497 e. The molecule has 2 aromatic rings. The fraction of sp³-hybridized carbons (Fsp3) is 0.235. The lowest BCUT2D eigenvalue weighted by molar-refractivity contribution is 0.212. The standard InChI is InChI=1S/C17H18N2O2/c1-12-5-3-4-6-16(12)17(11-19)21-15-8-13(10-18)7-14(9-15)20-2/h3-9,17H,11,19H2,1-2H3. The zero-order chi connectivity index (χ0) is 15.2. The lowest BCUT2D eigenvalue weighted by Gasteiger charge is -2.20. The Hall–Kier alpha value is -2.51. The van der Waals surface area contributed by atoms with Gasteiger partial charge in [-0.3, -0.25) is 0 Å². The van der Waals surface area contributed by atoms with E-state index in [4.69, 9.17) is 20.5 Å². The lowest BCUT2D eigenvalue weighted by atomic mass is 10.0. The van der Waals surface area contributed by atoms with Crippen LogP contribution in [0.5, 0.6) is 11.5 Å². The zero-order valence-electron chi connectivity index (χ0n) is 12.2. The maximum Gasteiger partial charge on any atom is 0.136 e. The van der Waals surface area contributed by atoms with Crippen molar-refractivity contribution < 1.29 is 9.47 Å². The number of methoxy groups -OCH3 is 1. The monoisotopic (exact) mass is 282 g/mol. The quantitative estimate of drug-likeness (QED) is 0.915. The SMILES string of the molecule is COc1cc(C#N)cc(OC(CN)c2ccccc2C)c1. The van der Waals surface area contributed by atoms with E-state index in [9.17, 15) is 0 Å². The summed E-state index contributed by atoms with van der Waals surface area (Å²) in [5.41, 5.74) is 8.50. The topological polar surface area (TPSA) is 68.3 Å². The van der Waals surface area contributed by atoms with Crippen LogP contribution in [0.1, 0.15) is 22.8 Å². The number of benzene rings is 2. The molecular formula is C17H18N2O2. The molecule has 0 bridgehead atoms. The minimum absolute atomic E-state index is 0.259. The number of hydrogen-bond acceptors (Lipinski definition) is 4. The summed E-state index contributed by atoms with van der Waals surface area (Å²) >= 11 is 0. The van der Waals surface area contributed by atoms with Crippen LogP contribution in [-0.4, -0.2) is 13.7 Å². The Morgan fingerprint density at radius 2 is 1.90 bits per heavy atom. The Morgan fingerprint density at radius 1 is 1.19 bits per heavy atom. The van der Waals surface area contributed by atoms with Gasteiger partial charge < -0.3 is 15.2 Å². The molecule has 0 spiro atoms. The fourth-order valence-corrected chi connectivity index (χ4v) is 2.17. The first kappa shape index (κ1) is 14.9. The number of ether oxygens (including phenoxy) is 2. The van der Waals surface area contributed by atoms with Crippen molar-refractivity contribution >= 4 is 0 Å². The number of rotatable bonds is 5. The van der Waals surface area contributed by atoms with E-state index in [1.165, 1.54) is 0 Å². The summed E-state index contributed by atoms with van der Waals surface area (Å²) in [6.45, 7) is 2.37. The Morgan fingerprint density at radius 3 is 2.52 bits per heavy atom. The van der Waals surface area contributed by atoms with Crippen molar-refractivity contribution in [1.82, 2.24) is 0 Å². The van der Waals surface area contributed by atoms with Crippen molar-refractivity contribution in [2.24, 2.45) is 5.73 Å². The van der Waals surface area contributed by atoms with Gasteiger partial charge >= 0.3 is 0 Å². The van der Waals surface area contributed by atoms with E-state index in [0.29, 0.717) is 23.6 Å². The van der Waals surface area contributed by atoms with Crippen LogP contribution < -0.4 is 15.2 Å². The molecule has 1 atom stereocenters. The van der Waals surface area contributed by atoms with Gasteiger partial charge in [-0.1, -0.05) is 24.3 Å². The number of hydrogen-bond donors (Lipinski definition) is 1. The second-order valence-corrected chi connectivity index (χ2v) is 4.71. The van der Waals surface area contributed by atoms with E-state index in [2.05, 4.69) is 6.07 Å². The molecule has 0 amide bonds. The molecule has 2 aromatic carbocycles.